The SMILES string of the molecule is CCOC(=O)/C=C/[C@@H](NC(=O)Cc1ccccc1)C(C)C. The van der Waals surface area contributed by atoms with Gasteiger partial charge in [0.05, 0.1) is 13.0 Å². The first-order valence-corrected chi connectivity index (χ1v) is 7.21. The number of esters is 1. The molecule has 1 aromatic carbocycles. The van der Waals surface area contributed by atoms with Crippen LogP contribution in [-0.2, 0) is 20.7 Å². The molecule has 0 radical (unpaired) electrons. The summed E-state index contributed by atoms with van der Waals surface area (Å²) in [6.07, 6.45) is 3.39. The van der Waals surface area contributed by atoms with E-state index < -0.39 is 0 Å². The first-order chi connectivity index (χ1) is 10.0. The Kier molecular flexibility index (Phi) is 7.23. The number of benzene rings is 1. The summed E-state index contributed by atoms with van der Waals surface area (Å²) in [5.74, 6) is -0.260. The van der Waals surface area contributed by atoms with E-state index in [0.717, 1.165) is 5.56 Å². The number of hydrogen-bond acceptors (Lipinski definition) is 3. The molecule has 114 valence electrons. The molecule has 0 aliphatic rings. The van der Waals surface area contributed by atoms with Crippen LogP contribution in [0.25, 0.3) is 0 Å². The van der Waals surface area contributed by atoms with Gasteiger partial charge < -0.3 is 10.1 Å². The van der Waals surface area contributed by atoms with Gasteiger partial charge in [0.15, 0.2) is 0 Å². The van der Waals surface area contributed by atoms with E-state index in [-0.39, 0.29) is 23.8 Å². The number of ether oxygens (including phenoxy) is 1. The summed E-state index contributed by atoms with van der Waals surface area (Å²) < 4.78 is 4.83. The maximum absolute atomic E-state index is 12.0. The predicted octanol–water partition coefficient (Wildman–Crippen LogP) is 2.49. The fourth-order valence-corrected chi connectivity index (χ4v) is 1.83. The first-order valence-electron chi connectivity index (χ1n) is 7.21. The molecule has 21 heavy (non-hydrogen) atoms. The number of carbonyl (C=O) groups is 2. The molecule has 0 unspecified atom stereocenters. The largest absolute Gasteiger partial charge is 0.463 e. The van der Waals surface area contributed by atoms with E-state index in [1.165, 1.54) is 6.08 Å². The summed E-state index contributed by atoms with van der Waals surface area (Å²) in [7, 11) is 0. The highest BCUT2D eigenvalue weighted by atomic mass is 16.5. The van der Waals surface area contributed by atoms with Crippen molar-refractivity contribution in [3.8, 4) is 0 Å². The second-order valence-electron chi connectivity index (χ2n) is 5.11. The third-order valence-corrected chi connectivity index (χ3v) is 2.98. The Hall–Kier alpha value is -2.10. The van der Waals surface area contributed by atoms with Crippen molar-refractivity contribution in [2.75, 3.05) is 6.61 Å². The number of nitrogens with one attached hydrogen (secondary N) is 1. The van der Waals surface area contributed by atoms with E-state index in [2.05, 4.69) is 5.32 Å². The van der Waals surface area contributed by atoms with Crippen LogP contribution in [0.5, 0.6) is 0 Å². The second-order valence-corrected chi connectivity index (χ2v) is 5.11. The van der Waals surface area contributed by atoms with Crippen molar-refractivity contribution in [1.82, 2.24) is 5.32 Å². The van der Waals surface area contributed by atoms with Crippen molar-refractivity contribution in [3.63, 3.8) is 0 Å². The smallest absolute Gasteiger partial charge is 0.330 e. The maximum Gasteiger partial charge on any atom is 0.330 e. The van der Waals surface area contributed by atoms with Gasteiger partial charge in [0.25, 0.3) is 0 Å². The molecule has 1 N–H and O–H groups in total. The lowest BCUT2D eigenvalue weighted by Crippen LogP contribution is -2.38. The average Bonchev–Trinajstić information content (AvgIpc) is 2.44. The molecule has 1 rings (SSSR count). The molecule has 0 bridgehead atoms. The fraction of sp³-hybridized carbons (Fsp3) is 0.412. The van der Waals surface area contributed by atoms with E-state index in [9.17, 15) is 9.59 Å². The summed E-state index contributed by atoms with van der Waals surface area (Å²) in [6, 6.07) is 9.37. The Labute approximate surface area is 126 Å². The fourth-order valence-electron chi connectivity index (χ4n) is 1.83. The molecule has 0 saturated carbocycles. The van der Waals surface area contributed by atoms with Crippen LogP contribution in [0.1, 0.15) is 26.3 Å². The van der Waals surface area contributed by atoms with Crippen LogP contribution in [0.2, 0.25) is 0 Å². The molecule has 4 nitrogen and oxygen atoms in total. The molecule has 4 heteroatoms. The molecule has 1 aromatic rings. The highest BCUT2D eigenvalue weighted by Gasteiger charge is 2.14. The van der Waals surface area contributed by atoms with E-state index >= 15 is 0 Å². The number of hydrogen-bond donors (Lipinski definition) is 1. The molecule has 0 aliphatic carbocycles. The summed E-state index contributed by atoms with van der Waals surface area (Å²) in [5.41, 5.74) is 0.965. The normalized spacial score (nSPS) is 12.4. The molecule has 1 amide bonds. The summed E-state index contributed by atoms with van der Waals surface area (Å²) >= 11 is 0. The van der Waals surface area contributed by atoms with Crippen LogP contribution < -0.4 is 5.32 Å². The van der Waals surface area contributed by atoms with E-state index in [0.29, 0.717) is 13.0 Å². The quantitative estimate of drug-likeness (QED) is 0.620. The van der Waals surface area contributed by atoms with E-state index in [4.69, 9.17) is 4.74 Å². The lowest BCUT2D eigenvalue weighted by Gasteiger charge is -2.18. The topological polar surface area (TPSA) is 55.4 Å². The van der Waals surface area contributed by atoms with Crippen molar-refractivity contribution in [2.24, 2.45) is 5.92 Å². The third kappa shape index (κ3) is 6.75. The zero-order valence-electron chi connectivity index (χ0n) is 12.8. The Bertz CT molecular complexity index is 480. The monoisotopic (exact) mass is 289 g/mol. The Morgan fingerprint density at radius 3 is 2.48 bits per heavy atom. The van der Waals surface area contributed by atoms with Gasteiger partial charge in [0.1, 0.15) is 0 Å². The van der Waals surface area contributed by atoms with Gasteiger partial charge in [-0.3, -0.25) is 4.79 Å². The van der Waals surface area contributed by atoms with Gasteiger partial charge in [-0.2, -0.15) is 0 Å². The van der Waals surface area contributed by atoms with Crippen LogP contribution >= 0.6 is 0 Å². The zero-order valence-corrected chi connectivity index (χ0v) is 12.8. The Morgan fingerprint density at radius 2 is 1.90 bits per heavy atom. The van der Waals surface area contributed by atoms with Gasteiger partial charge >= 0.3 is 5.97 Å². The molecule has 0 aromatic heterocycles. The third-order valence-electron chi connectivity index (χ3n) is 2.98. The Balaban J connectivity index is 2.58. The van der Waals surface area contributed by atoms with Crippen LogP contribution in [0, 0.1) is 5.92 Å². The molecule has 0 saturated heterocycles. The van der Waals surface area contributed by atoms with Crippen LogP contribution in [0.3, 0.4) is 0 Å². The number of amides is 1. The van der Waals surface area contributed by atoms with Crippen molar-refractivity contribution in [3.05, 3.63) is 48.0 Å². The molecule has 0 aliphatic heterocycles. The van der Waals surface area contributed by atoms with Crippen LogP contribution in [0.4, 0.5) is 0 Å². The highest BCUT2D eigenvalue weighted by molar-refractivity contribution is 5.82. The van der Waals surface area contributed by atoms with E-state index in [1.807, 2.05) is 44.2 Å². The van der Waals surface area contributed by atoms with Gasteiger partial charge in [-0.25, -0.2) is 4.79 Å². The van der Waals surface area contributed by atoms with Crippen molar-refractivity contribution in [2.45, 2.75) is 33.2 Å². The molecule has 0 fully saturated rings. The maximum atomic E-state index is 12.0. The minimum Gasteiger partial charge on any atom is -0.463 e. The lowest BCUT2D eigenvalue weighted by atomic mass is 10.0. The van der Waals surface area contributed by atoms with E-state index in [1.54, 1.807) is 13.0 Å². The summed E-state index contributed by atoms with van der Waals surface area (Å²) in [4.78, 5) is 23.4. The molecular weight excluding hydrogens is 266 g/mol. The molecule has 1 atom stereocenters. The minimum atomic E-state index is -0.388. The van der Waals surface area contributed by atoms with Crippen LogP contribution in [-0.4, -0.2) is 24.5 Å². The standard InChI is InChI=1S/C17H23NO3/c1-4-21-17(20)11-10-15(13(2)3)18-16(19)12-14-8-6-5-7-9-14/h5-11,13,15H,4,12H2,1-3H3,(H,18,19)/b11-10+/t15-/m1/s1. The van der Waals surface area contributed by atoms with Crippen molar-refractivity contribution < 1.29 is 14.3 Å². The molecule has 0 heterocycles. The highest BCUT2D eigenvalue weighted by Crippen LogP contribution is 2.05. The van der Waals surface area contributed by atoms with Crippen molar-refractivity contribution >= 4 is 11.9 Å². The molecule has 0 spiro atoms. The summed E-state index contributed by atoms with van der Waals surface area (Å²) in [6.45, 7) is 6.08. The Morgan fingerprint density at radius 1 is 1.24 bits per heavy atom. The van der Waals surface area contributed by atoms with Gasteiger partial charge in [0, 0.05) is 12.1 Å². The number of carbonyl (C=O) groups excluding carboxylic acids is 2. The number of rotatable bonds is 7. The minimum absolute atomic E-state index is 0.0617. The molecular formula is C17H23NO3. The summed E-state index contributed by atoms with van der Waals surface area (Å²) in [5, 5.41) is 2.93. The van der Waals surface area contributed by atoms with Gasteiger partial charge in [-0.1, -0.05) is 50.3 Å². The predicted molar refractivity (Wildman–Crippen MR) is 82.7 cm³/mol. The van der Waals surface area contributed by atoms with Gasteiger partial charge in [-0.05, 0) is 18.4 Å². The lowest BCUT2D eigenvalue weighted by molar-refractivity contribution is -0.137. The van der Waals surface area contributed by atoms with Crippen LogP contribution in [0.15, 0.2) is 42.5 Å². The first kappa shape index (κ1) is 17.0. The zero-order chi connectivity index (χ0) is 15.7. The second kappa shape index (κ2) is 8.95. The van der Waals surface area contributed by atoms with Crippen molar-refractivity contribution in [1.29, 1.82) is 0 Å². The average molecular weight is 289 g/mol. The van der Waals surface area contributed by atoms with Gasteiger partial charge in [-0.15, -0.1) is 0 Å². The van der Waals surface area contributed by atoms with Gasteiger partial charge in [0.2, 0.25) is 5.91 Å².